The van der Waals surface area contributed by atoms with Crippen molar-refractivity contribution < 1.29 is 20.2 Å². The predicted octanol–water partition coefficient (Wildman–Crippen LogP) is -1.22. The van der Waals surface area contributed by atoms with Gasteiger partial charge in [0.15, 0.2) is 6.29 Å². The van der Waals surface area contributed by atoms with Gasteiger partial charge in [0, 0.05) is 13.5 Å². The molecule has 0 aromatic carbocycles. The number of ether oxygens (including phenoxy) is 1. The first-order valence-electron chi connectivity index (χ1n) is 3.51. The van der Waals surface area contributed by atoms with Crippen LogP contribution in [0.15, 0.2) is 0 Å². The third kappa shape index (κ3) is 1.88. The van der Waals surface area contributed by atoms with Gasteiger partial charge in [-0.15, -0.1) is 0 Å². The van der Waals surface area contributed by atoms with Gasteiger partial charge in [0.05, 0.1) is 12.6 Å². The molecule has 0 aromatic heterocycles. The van der Waals surface area contributed by atoms with Crippen LogP contribution in [0, 0.1) is 0 Å². The zero-order valence-electron chi connectivity index (χ0n) is 6.34. The molecule has 1 heterocycles. The second-order valence-electron chi connectivity index (χ2n) is 2.69. The molecule has 1 aliphatic rings. The molecular formula is C6H13NO4. The average molecular weight is 163 g/mol. The van der Waals surface area contributed by atoms with Crippen LogP contribution in [0.2, 0.25) is 0 Å². The fourth-order valence-electron chi connectivity index (χ4n) is 1.26. The quantitative estimate of drug-likeness (QED) is 0.445. The van der Waals surface area contributed by atoms with Gasteiger partial charge in [0.1, 0.15) is 6.10 Å². The van der Waals surface area contributed by atoms with Gasteiger partial charge in [-0.05, 0) is 0 Å². The summed E-state index contributed by atoms with van der Waals surface area (Å²) in [7, 11) is 1.47. The van der Waals surface area contributed by atoms with E-state index in [2.05, 4.69) is 0 Å². The van der Waals surface area contributed by atoms with E-state index in [4.69, 9.17) is 20.2 Å². The molecule has 1 aliphatic heterocycles. The first-order chi connectivity index (χ1) is 5.15. The molecular weight excluding hydrogens is 150 g/mol. The normalized spacial score (nSPS) is 38.5. The maximum absolute atomic E-state index is 9.00. The Hall–Kier alpha value is -0.200. The second-order valence-corrected chi connectivity index (χ2v) is 2.69. The van der Waals surface area contributed by atoms with Crippen molar-refractivity contribution in [3.05, 3.63) is 0 Å². The monoisotopic (exact) mass is 163 g/mol. The fraction of sp³-hybridized carbons (Fsp3) is 1.00. The summed E-state index contributed by atoms with van der Waals surface area (Å²) < 4.78 is 4.89. The van der Waals surface area contributed by atoms with Gasteiger partial charge < -0.3 is 20.2 Å². The lowest BCUT2D eigenvalue weighted by molar-refractivity contribution is -0.137. The summed E-state index contributed by atoms with van der Waals surface area (Å²) in [6.45, 7) is -0.188. The summed E-state index contributed by atoms with van der Waals surface area (Å²) in [5.74, 6) is 0. The number of rotatable bonds is 2. The molecule has 5 heteroatoms. The molecule has 1 unspecified atom stereocenters. The highest BCUT2D eigenvalue weighted by Gasteiger charge is 2.35. The highest BCUT2D eigenvalue weighted by molar-refractivity contribution is 4.81. The molecule has 5 nitrogen and oxygen atoms in total. The Kier molecular flexibility index (Phi) is 2.80. The minimum atomic E-state index is -0.869. The van der Waals surface area contributed by atoms with E-state index >= 15 is 0 Å². The Morgan fingerprint density at radius 3 is 2.64 bits per heavy atom. The largest absolute Gasteiger partial charge is 0.394 e. The van der Waals surface area contributed by atoms with E-state index in [-0.39, 0.29) is 12.6 Å². The third-order valence-electron chi connectivity index (χ3n) is 1.86. The summed E-state index contributed by atoms with van der Waals surface area (Å²) in [6.07, 6.45) is -1.02. The molecule has 3 N–H and O–H groups in total. The highest BCUT2D eigenvalue weighted by atomic mass is 16.6. The van der Waals surface area contributed by atoms with Crippen molar-refractivity contribution in [2.75, 3.05) is 13.7 Å². The molecule has 0 aromatic rings. The van der Waals surface area contributed by atoms with E-state index in [9.17, 15) is 0 Å². The van der Waals surface area contributed by atoms with Crippen LogP contribution in [0.5, 0.6) is 0 Å². The number of aliphatic hydroxyl groups is 2. The van der Waals surface area contributed by atoms with Crippen LogP contribution in [0.4, 0.5) is 0 Å². The minimum absolute atomic E-state index is 0.188. The van der Waals surface area contributed by atoms with Gasteiger partial charge in [-0.2, -0.15) is 5.06 Å². The molecule has 1 saturated heterocycles. The molecule has 0 spiro atoms. The zero-order chi connectivity index (χ0) is 8.43. The molecule has 1 fully saturated rings. The van der Waals surface area contributed by atoms with Crippen molar-refractivity contribution in [1.29, 1.82) is 0 Å². The van der Waals surface area contributed by atoms with Crippen molar-refractivity contribution in [2.24, 2.45) is 0 Å². The van der Waals surface area contributed by atoms with Crippen molar-refractivity contribution >= 4 is 0 Å². The number of nitrogens with zero attached hydrogens (tertiary/aromatic N) is 1. The van der Waals surface area contributed by atoms with Crippen LogP contribution in [0.1, 0.15) is 6.42 Å². The van der Waals surface area contributed by atoms with E-state index < -0.39 is 12.4 Å². The molecule has 0 aliphatic carbocycles. The minimum Gasteiger partial charge on any atom is -0.394 e. The number of aliphatic hydroxyl groups excluding tert-OH is 2. The summed E-state index contributed by atoms with van der Waals surface area (Å²) in [6, 6.07) is -0.310. The Labute approximate surface area is 64.8 Å². The zero-order valence-corrected chi connectivity index (χ0v) is 6.34. The fourth-order valence-corrected chi connectivity index (χ4v) is 1.26. The Bertz CT molecular complexity index is 130. The molecule has 0 saturated carbocycles. The topological polar surface area (TPSA) is 73.2 Å². The summed E-state index contributed by atoms with van der Waals surface area (Å²) in [5, 5.41) is 27.7. The molecule has 11 heavy (non-hydrogen) atoms. The Balaban J connectivity index is 2.50. The van der Waals surface area contributed by atoms with E-state index in [0.29, 0.717) is 6.42 Å². The number of likely N-dealkylation sites (N-methyl/N-ethyl adjacent to an activating group) is 1. The van der Waals surface area contributed by atoms with E-state index in [1.807, 2.05) is 0 Å². The number of hydroxylamine groups is 2. The van der Waals surface area contributed by atoms with Crippen LogP contribution in [0.3, 0.4) is 0 Å². The van der Waals surface area contributed by atoms with Gasteiger partial charge in [-0.3, -0.25) is 0 Å². The van der Waals surface area contributed by atoms with Gasteiger partial charge in [0.2, 0.25) is 0 Å². The van der Waals surface area contributed by atoms with Crippen LogP contribution in [-0.4, -0.2) is 52.6 Å². The maximum Gasteiger partial charge on any atom is 0.156 e. The standard InChI is InChI=1S/C6H13NO4/c1-7(10)4-2-6(9)11-5(4)3-8/h4-6,8-10H,2-3H2,1H3/t4-,5+,6?/m0/s1. The van der Waals surface area contributed by atoms with Crippen LogP contribution >= 0.6 is 0 Å². The predicted molar refractivity (Wildman–Crippen MR) is 35.9 cm³/mol. The number of hydrogen-bond donors (Lipinski definition) is 3. The Morgan fingerprint density at radius 1 is 1.64 bits per heavy atom. The SMILES string of the molecule is CN(O)[C@H]1CC(O)O[C@@H]1CO. The smallest absolute Gasteiger partial charge is 0.156 e. The maximum atomic E-state index is 9.00. The molecule has 66 valence electrons. The average Bonchev–Trinajstić information content (AvgIpc) is 2.30. The summed E-state index contributed by atoms with van der Waals surface area (Å²) in [5.41, 5.74) is 0. The van der Waals surface area contributed by atoms with Crippen molar-refractivity contribution in [3.8, 4) is 0 Å². The third-order valence-corrected chi connectivity index (χ3v) is 1.86. The molecule has 1 rings (SSSR count). The first kappa shape index (κ1) is 8.89. The lowest BCUT2D eigenvalue weighted by Gasteiger charge is -2.20. The van der Waals surface area contributed by atoms with E-state index in [1.165, 1.54) is 7.05 Å². The highest BCUT2D eigenvalue weighted by Crippen LogP contribution is 2.21. The lowest BCUT2D eigenvalue weighted by Crippen LogP contribution is -2.37. The van der Waals surface area contributed by atoms with Crippen molar-refractivity contribution in [2.45, 2.75) is 24.9 Å². The van der Waals surface area contributed by atoms with Crippen molar-refractivity contribution in [1.82, 2.24) is 5.06 Å². The van der Waals surface area contributed by atoms with E-state index in [0.717, 1.165) is 5.06 Å². The van der Waals surface area contributed by atoms with Crippen molar-refractivity contribution in [3.63, 3.8) is 0 Å². The van der Waals surface area contributed by atoms with Gasteiger partial charge in [0.25, 0.3) is 0 Å². The second kappa shape index (κ2) is 3.46. The molecule has 0 amide bonds. The van der Waals surface area contributed by atoms with E-state index in [1.54, 1.807) is 0 Å². The summed E-state index contributed by atoms with van der Waals surface area (Å²) in [4.78, 5) is 0. The van der Waals surface area contributed by atoms with Crippen LogP contribution < -0.4 is 0 Å². The molecule has 3 atom stereocenters. The lowest BCUT2D eigenvalue weighted by atomic mass is 10.1. The van der Waals surface area contributed by atoms with Gasteiger partial charge in [-0.1, -0.05) is 0 Å². The molecule has 0 bridgehead atoms. The van der Waals surface area contributed by atoms with Gasteiger partial charge >= 0.3 is 0 Å². The molecule has 0 radical (unpaired) electrons. The van der Waals surface area contributed by atoms with Gasteiger partial charge in [-0.25, -0.2) is 0 Å². The van der Waals surface area contributed by atoms with Crippen LogP contribution in [0.25, 0.3) is 0 Å². The summed E-state index contributed by atoms with van der Waals surface area (Å²) >= 11 is 0. The number of hydrogen-bond acceptors (Lipinski definition) is 5. The van der Waals surface area contributed by atoms with Crippen LogP contribution in [-0.2, 0) is 4.74 Å². The Morgan fingerprint density at radius 2 is 2.27 bits per heavy atom. The first-order valence-corrected chi connectivity index (χ1v) is 3.51.